The predicted octanol–water partition coefficient (Wildman–Crippen LogP) is 16.8. The number of unbranched alkanes of at least 4 members (excludes halogenated alkanes) is 51. The van der Waals surface area contributed by atoms with Crippen molar-refractivity contribution >= 4 is 5.91 Å². The minimum Gasteiger partial charge on any atom is -0.394 e. The molecular weight excluding hydrogens is 1370 g/mol. The quantitative estimate of drug-likeness (QED) is 0.0199. The molecular formula is C89H165NO18. The van der Waals surface area contributed by atoms with Crippen molar-refractivity contribution in [2.24, 2.45) is 0 Å². The Morgan fingerprint density at radius 1 is 0.333 bits per heavy atom. The van der Waals surface area contributed by atoms with Gasteiger partial charge in [0.05, 0.1) is 38.6 Å². The van der Waals surface area contributed by atoms with Crippen LogP contribution in [0.4, 0.5) is 0 Å². The number of rotatable bonds is 73. The summed E-state index contributed by atoms with van der Waals surface area (Å²) in [6.07, 6.45) is 62.6. The van der Waals surface area contributed by atoms with E-state index in [-0.39, 0.29) is 18.9 Å². The molecule has 17 unspecified atom stereocenters. The lowest BCUT2D eigenvalue weighted by Gasteiger charge is -2.48. The zero-order chi connectivity index (χ0) is 78.1. The molecule has 12 N–H and O–H groups in total. The first-order valence-electron chi connectivity index (χ1n) is 44.9. The summed E-state index contributed by atoms with van der Waals surface area (Å²) in [4.78, 5) is 13.5. The smallest absolute Gasteiger partial charge is 0.220 e. The van der Waals surface area contributed by atoms with Gasteiger partial charge in [0.25, 0.3) is 0 Å². The van der Waals surface area contributed by atoms with E-state index in [4.69, 9.17) is 28.4 Å². The molecule has 3 aliphatic heterocycles. The Labute approximate surface area is 656 Å². The minimum absolute atomic E-state index is 0.244. The van der Waals surface area contributed by atoms with Crippen LogP contribution in [0.1, 0.15) is 380 Å². The Balaban J connectivity index is 1.34. The van der Waals surface area contributed by atoms with Gasteiger partial charge in [-0.1, -0.05) is 364 Å². The number of aliphatic hydroxyl groups is 11. The van der Waals surface area contributed by atoms with Gasteiger partial charge < -0.3 is 89.9 Å². The number of hydrogen-bond donors (Lipinski definition) is 12. The number of aliphatic hydroxyl groups excluding tert-OH is 11. The second kappa shape index (κ2) is 69.1. The van der Waals surface area contributed by atoms with Crippen LogP contribution in [0.3, 0.4) is 0 Å². The summed E-state index contributed by atoms with van der Waals surface area (Å²) in [7, 11) is 0. The molecule has 3 saturated heterocycles. The highest BCUT2D eigenvalue weighted by Gasteiger charge is 2.54. The molecule has 108 heavy (non-hydrogen) atoms. The van der Waals surface area contributed by atoms with Crippen LogP contribution in [0, 0.1) is 0 Å². The van der Waals surface area contributed by atoms with Gasteiger partial charge in [0.2, 0.25) is 5.91 Å². The summed E-state index contributed by atoms with van der Waals surface area (Å²) in [6.45, 7) is 1.79. The molecule has 3 rings (SSSR count). The van der Waals surface area contributed by atoms with E-state index in [1.165, 1.54) is 295 Å². The Morgan fingerprint density at radius 3 is 0.954 bits per heavy atom. The summed E-state index contributed by atoms with van der Waals surface area (Å²) in [5, 5.41) is 121. The molecule has 0 aromatic rings. The van der Waals surface area contributed by atoms with Crippen LogP contribution in [0.5, 0.6) is 0 Å². The second-order valence-corrected chi connectivity index (χ2v) is 32.1. The molecule has 1 amide bonds. The maximum Gasteiger partial charge on any atom is 0.220 e. The van der Waals surface area contributed by atoms with Crippen molar-refractivity contribution in [2.75, 3.05) is 26.4 Å². The number of ether oxygens (including phenoxy) is 6. The third-order valence-electron chi connectivity index (χ3n) is 22.4. The standard InChI is InChI=1S/C89H165NO18/c1-3-5-7-9-11-13-15-17-19-21-23-25-27-29-31-33-35-37-38-40-42-44-46-48-50-52-54-56-58-60-62-64-66-73(94)72(90-77(95)67-65-63-61-59-57-55-53-51-49-47-45-43-41-39-36-34-32-30-28-26-24-22-20-18-16-14-12-10-8-6-4-2)71-103-87-83(101)80(98)85(75(69-92)105-87)108-89-84(102)81(99)86(76(70-93)106-89)107-88-82(100)79(97)78(96)74(68-91)104-88/h16,18,22,24,28,30,64,66,72-76,78-89,91-94,96-102H,3-15,17,19-21,23,25-27,29,31-63,65,67-71H2,1-2H3,(H,90,95)/b18-16-,24-22-,30-28-,66-64+. The number of carbonyl (C=O) groups excluding carboxylic acids is 1. The number of nitrogens with one attached hydrogen (secondary N) is 1. The van der Waals surface area contributed by atoms with Crippen LogP contribution in [-0.2, 0) is 33.2 Å². The number of amides is 1. The maximum atomic E-state index is 13.5. The first-order valence-corrected chi connectivity index (χ1v) is 44.9. The fourth-order valence-electron chi connectivity index (χ4n) is 15.2. The first-order chi connectivity index (χ1) is 52.8. The van der Waals surface area contributed by atoms with Gasteiger partial charge >= 0.3 is 0 Å². The highest BCUT2D eigenvalue weighted by atomic mass is 16.8. The van der Waals surface area contributed by atoms with E-state index in [0.29, 0.717) is 6.42 Å². The molecule has 0 radical (unpaired) electrons. The lowest BCUT2D eigenvalue weighted by molar-refractivity contribution is -0.379. The summed E-state index contributed by atoms with van der Waals surface area (Å²) >= 11 is 0. The average molecular weight is 1540 g/mol. The van der Waals surface area contributed by atoms with Crippen molar-refractivity contribution in [1.29, 1.82) is 0 Å². The fourth-order valence-corrected chi connectivity index (χ4v) is 15.2. The molecule has 0 saturated carbocycles. The van der Waals surface area contributed by atoms with Crippen LogP contribution in [0.15, 0.2) is 48.6 Å². The summed E-state index contributed by atoms with van der Waals surface area (Å²) in [5.41, 5.74) is 0. The van der Waals surface area contributed by atoms with Crippen LogP contribution in [0.2, 0.25) is 0 Å². The van der Waals surface area contributed by atoms with Crippen molar-refractivity contribution in [1.82, 2.24) is 5.32 Å². The largest absolute Gasteiger partial charge is 0.394 e. The third-order valence-corrected chi connectivity index (χ3v) is 22.4. The average Bonchev–Trinajstić information content (AvgIpc) is 0.779. The van der Waals surface area contributed by atoms with Gasteiger partial charge in [0, 0.05) is 6.42 Å². The normalized spacial score (nSPS) is 25.6. The molecule has 0 aliphatic carbocycles. The van der Waals surface area contributed by atoms with Crippen molar-refractivity contribution in [3.05, 3.63) is 48.6 Å². The highest BCUT2D eigenvalue weighted by molar-refractivity contribution is 5.76. The van der Waals surface area contributed by atoms with E-state index < -0.39 is 124 Å². The summed E-state index contributed by atoms with van der Waals surface area (Å²) in [5.74, 6) is -0.270. The van der Waals surface area contributed by atoms with Gasteiger partial charge in [0.1, 0.15) is 73.2 Å². The molecule has 19 nitrogen and oxygen atoms in total. The van der Waals surface area contributed by atoms with Crippen molar-refractivity contribution in [2.45, 2.75) is 484 Å². The zero-order valence-corrected chi connectivity index (χ0v) is 68.3. The molecule has 0 spiro atoms. The summed E-state index contributed by atoms with van der Waals surface area (Å²) < 4.78 is 34.5. The second-order valence-electron chi connectivity index (χ2n) is 32.1. The molecule has 0 aromatic carbocycles. The molecule has 3 heterocycles. The Morgan fingerprint density at radius 2 is 0.611 bits per heavy atom. The number of hydrogen-bond acceptors (Lipinski definition) is 18. The molecule has 3 fully saturated rings. The monoisotopic (exact) mass is 1540 g/mol. The van der Waals surface area contributed by atoms with Crippen LogP contribution in [0.25, 0.3) is 0 Å². The van der Waals surface area contributed by atoms with Gasteiger partial charge in [-0.05, 0) is 57.8 Å². The van der Waals surface area contributed by atoms with Gasteiger partial charge in [-0.25, -0.2) is 0 Å². The van der Waals surface area contributed by atoms with Crippen LogP contribution in [-0.4, -0.2) is 193 Å². The van der Waals surface area contributed by atoms with Crippen molar-refractivity contribution in [3.63, 3.8) is 0 Å². The summed E-state index contributed by atoms with van der Waals surface area (Å²) in [6, 6.07) is -0.976. The predicted molar refractivity (Wildman–Crippen MR) is 434 cm³/mol. The first kappa shape index (κ1) is 99.9. The number of carbonyl (C=O) groups is 1. The van der Waals surface area contributed by atoms with Crippen molar-refractivity contribution in [3.8, 4) is 0 Å². The van der Waals surface area contributed by atoms with Crippen molar-refractivity contribution < 1.29 is 89.4 Å². The maximum absolute atomic E-state index is 13.5. The Bertz CT molecular complexity index is 2130. The molecule has 17 atom stereocenters. The Kier molecular flexibility index (Phi) is 63.9. The van der Waals surface area contributed by atoms with E-state index in [2.05, 4.69) is 55.6 Å². The molecule has 19 heteroatoms. The Hall–Kier alpha value is -2.25. The molecule has 0 aromatic heterocycles. The van der Waals surface area contributed by atoms with E-state index in [1.807, 2.05) is 6.08 Å². The van der Waals surface area contributed by atoms with Gasteiger partial charge in [-0.15, -0.1) is 0 Å². The van der Waals surface area contributed by atoms with E-state index in [9.17, 15) is 61.0 Å². The topological polar surface area (TPSA) is 307 Å². The molecule has 3 aliphatic rings. The zero-order valence-electron chi connectivity index (χ0n) is 68.3. The minimum atomic E-state index is -1.98. The van der Waals surface area contributed by atoms with Crippen LogP contribution >= 0.6 is 0 Å². The third kappa shape index (κ3) is 47.6. The molecule has 0 bridgehead atoms. The highest BCUT2D eigenvalue weighted by Crippen LogP contribution is 2.34. The lowest BCUT2D eigenvalue weighted by atomic mass is 9.96. The number of allylic oxidation sites excluding steroid dienone is 7. The van der Waals surface area contributed by atoms with E-state index >= 15 is 0 Å². The fraction of sp³-hybridized carbons (Fsp3) is 0.899. The van der Waals surface area contributed by atoms with E-state index in [1.54, 1.807) is 6.08 Å². The van der Waals surface area contributed by atoms with E-state index in [0.717, 1.165) is 57.8 Å². The van der Waals surface area contributed by atoms with Gasteiger partial charge in [-0.2, -0.15) is 0 Å². The lowest BCUT2D eigenvalue weighted by Crippen LogP contribution is -2.66. The van der Waals surface area contributed by atoms with Gasteiger partial charge in [-0.3, -0.25) is 4.79 Å². The van der Waals surface area contributed by atoms with Gasteiger partial charge in [0.15, 0.2) is 18.9 Å². The SMILES string of the molecule is CCCCCCC/C=C\C/C=C\C/C=C\CCCCCCCCCCCCCCCCCCC(=O)NC(COC1OC(CO)C(OC2OC(CO)C(OC3OC(CO)C(O)C(O)C3O)C(O)C2O)C(O)C1O)C(O)/C=C/CCCCCCCCCCCCCCCCCCCCCCCCCCCCCCCC. The van der Waals surface area contributed by atoms with Crippen LogP contribution < -0.4 is 5.32 Å². The molecule has 634 valence electrons.